The molecule has 1 aliphatic heterocycles. The molecule has 0 unspecified atom stereocenters. The summed E-state index contributed by atoms with van der Waals surface area (Å²) in [5, 5.41) is 0. The Morgan fingerprint density at radius 1 is 1.08 bits per heavy atom. The van der Waals surface area contributed by atoms with Gasteiger partial charge < -0.3 is 9.80 Å². The number of aryl methyl sites for hydroxylation is 2. The lowest BCUT2D eigenvalue weighted by atomic mass is 9.99. The van der Waals surface area contributed by atoms with Gasteiger partial charge in [-0.25, -0.2) is 0 Å². The smallest absolute Gasteiger partial charge is 0.242 e. The van der Waals surface area contributed by atoms with Gasteiger partial charge in [0.05, 0.1) is 12.5 Å². The van der Waals surface area contributed by atoms with E-state index in [1.165, 1.54) is 11.1 Å². The van der Waals surface area contributed by atoms with Crippen LogP contribution >= 0.6 is 0 Å². The molecule has 0 spiro atoms. The number of carbonyl (C=O) groups excluding carboxylic acids is 2. The molecule has 0 radical (unpaired) electrons. The monoisotopic (exact) mass is 348 g/mol. The van der Waals surface area contributed by atoms with E-state index >= 15 is 0 Å². The normalized spacial score (nSPS) is 19.6. The van der Waals surface area contributed by atoms with Gasteiger partial charge in [0.1, 0.15) is 0 Å². The summed E-state index contributed by atoms with van der Waals surface area (Å²) < 4.78 is 0. The summed E-state index contributed by atoms with van der Waals surface area (Å²) >= 11 is 0. The van der Waals surface area contributed by atoms with Crippen molar-refractivity contribution < 1.29 is 9.59 Å². The Bertz CT molecular complexity index is 828. The molecule has 4 nitrogen and oxygen atoms in total. The van der Waals surface area contributed by atoms with Crippen molar-refractivity contribution in [1.82, 2.24) is 9.80 Å². The fraction of sp³-hybridized carbons (Fsp3) is 0.364. The second-order valence-electron chi connectivity index (χ2n) is 7.35. The number of fused-ring (bicyclic) bond motifs is 1. The first-order valence-corrected chi connectivity index (χ1v) is 9.32. The molecule has 134 valence electrons. The first-order chi connectivity index (χ1) is 12.6. The van der Waals surface area contributed by atoms with Gasteiger partial charge in [-0.3, -0.25) is 9.59 Å². The van der Waals surface area contributed by atoms with Crippen molar-refractivity contribution in [2.75, 3.05) is 19.6 Å². The van der Waals surface area contributed by atoms with Gasteiger partial charge in [-0.15, -0.1) is 0 Å². The molecule has 0 saturated carbocycles. The molecular formula is C22H24N2O2. The van der Waals surface area contributed by atoms with Crippen LogP contribution < -0.4 is 0 Å². The van der Waals surface area contributed by atoms with Gasteiger partial charge in [0.2, 0.25) is 11.8 Å². The molecular weight excluding hydrogens is 324 g/mol. The predicted molar refractivity (Wildman–Crippen MR) is 101 cm³/mol. The van der Waals surface area contributed by atoms with Gasteiger partial charge in [-0.05, 0) is 36.5 Å². The highest BCUT2D eigenvalue weighted by atomic mass is 16.2. The number of nitrogens with zero attached hydrogens (tertiary/aromatic N) is 2. The average molecular weight is 348 g/mol. The van der Waals surface area contributed by atoms with Crippen LogP contribution in [0.3, 0.4) is 0 Å². The van der Waals surface area contributed by atoms with Crippen molar-refractivity contribution in [3.63, 3.8) is 0 Å². The molecule has 2 amide bonds. The minimum atomic E-state index is -0.0809. The topological polar surface area (TPSA) is 40.6 Å². The summed E-state index contributed by atoms with van der Waals surface area (Å²) in [6.45, 7) is 4.10. The summed E-state index contributed by atoms with van der Waals surface area (Å²) in [7, 11) is 0. The van der Waals surface area contributed by atoms with Crippen LogP contribution in [0, 0.1) is 6.92 Å². The minimum Gasteiger partial charge on any atom is -0.335 e. The lowest BCUT2D eigenvalue weighted by Gasteiger charge is -2.35. The largest absolute Gasteiger partial charge is 0.335 e. The predicted octanol–water partition coefficient (Wildman–Crippen LogP) is 2.90. The Labute approximate surface area is 154 Å². The van der Waals surface area contributed by atoms with Crippen molar-refractivity contribution in [2.24, 2.45) is 0 Å². The third-order valence-electron chi connectivity index (χ3n) is 5.56. The van der Waals surface area contributed by atoms with Crippen LogP contribution in [-0.4, -0.2) is 41.2 Å². The molecule has 1 heterocycles. The molecule has 26 heavy (non-hydrogen) atoms. The van der Waals surface area contributed by atoms with Gasteiger partial charge in [-0.2, -0.15) is 0 Å². The number of piperazine rings is 1. The SMILES string of the molecule is Cc1ccc(CN2CCN(C(=O)[C@H]3CCc4ccccc43)CC2=O)cc1. The van der Waals surface area contributed by atoms with Gasteiger partial charge >= 0.3 is 0 Å². The fourth-order valence-corrected chi connectivity index (χ4v) is 4.01. The highest BCUT2D eigenvalue weighted by molar-refractivity contribution is 5.90. The fourth-order valence-electron chi connectivity index (χ4n) is 4.01. The minimum absolute atomic E-state index is 0.0384. The Morgan fingerprint density at radius 3 is 2.62 bits per heavy atom. The van der Waals surface area contributed by atoms with Crippen molar-refractivity contribution in [3.05, 3.63) is 70.8 Å². The second kappa shape index (κ2) is 6.94. The molecule has 4 heteroatoms. The maximum absolute atomic E-state index is 13.0. The van der Waals surface area contributed by atoms with Crippen LogP contribution in [0.2, 0.25) is 0 Å². The Morgan fingerprint density at radius 2 is 1.85 bits per heavy atom. The number of hydrogen-bond acceptors (Lipinski definition) is 2. The van der Waals surface area contributed by atoms with E-state index in [0.29, 0.717) is 19.6 Å². The third-order valence-corrected chi connectivity index (χ3v) is 5.56. The summed E-state index contributed by atoms with van der Waals surface area (Å²) in [6, 6.07) is 16.4. The van der Waals surface area contributed by atoms with Gasteiger partial charge in [-0.1, -0.05) is 54.1 Å². The van der Waals surface area contributed by atoms with E-state index in [9.17, 15) is 9.59 Å². The van der Waals surface area contributed by atoms with E-state index in [0.717, 1.165) is 24.0 Å². The first kappa shape index (κ1) is 16.8. The number of carbonyl (C=O) groups is 2. The maximum atomic E-state index is 13.0. The number of hydrogen-bond donors (Lipinski definition) is 0. The molecule has 1 saturated heterocycles. The number of amides is 2. The molecule has 1 fully saturated rings. The van der Waals surface area contributed by atoms with Crippen LogP contribution in [0.5, 0.6) is 0 Å². The zero-order chi connectivity index (χ0) is 18.1. The second-order valence-corrected chi connectivity index (χ2v) is 7.35. The van der Waals surface area contributed by atoms with Crippen LogP contribution in [0.1, 0.15) is 34.6 Å². The van der Waals surface area contributed by atoms with E-state index in [4.69, 9.17) is 0 Å². The van der Waals surface area contributed by atoms with Crippen molar-refractivity contribution >= 4 is 11.8 Å². The molecule has 2 aliphatic rings. The van der Waals surface area contributed by atoms with Gasteiger partial charge in [0, 0.05) is 19.6 Å². The van der Waals surface area contributed by atoms with Crippen molar-refractivity contribution in [2.45, 2.75) is 32.2 Å². The first-order valence-electron chi connectivity index (χ1n) is 9.32. The molecule has 1 aliphatic carbocycles. The molecule has 0 N–H and O–H groups in total. The number of benzene rings is 2. The zero-order valence-electron chi connectivity index (χ0n) is 15.1. The average Bonchev–Trinajstić information content (AvgIpc) is 3.08. The van der Waals surface area contributed by atoms with E-state index in [1.807, 2.05) is 17.0 Å². The lowest BCUT2D eigenvalue weighted by Crippen LogP contribution is -2.52. The standard InChI is InChI=1S/C22H24N2O2/c1-16-6-8-17(9-7-16)14-23-12-13-24(15-21(23)25)22(26)20-11-10-18-4-2-3-5-19(18)20/h2-9,20H,10-15H2,1H3/t20-/m0/s1. The van der Waals surface area contributed by atoms with Crippen LogP contribution in [-0.2, 0) is 22.6 Å². The highest BCUT2D eigenvalue weighted by Crippen LogP contribution is 2.34. The van der Waals surface area contributed by atoms with E-state index in [2.05, 4.69) is 43.3 Å². The molecule has 4 rings (SSSR count). The summed E-state index contributed by atoms with van der Waals surface area (Å²) in [4.78, 5) is 29.1. The Hall–Kier alpha value is -2.62. The van der Waals surface area contributed by atoms with E-state index in [-0.39, 0.29) is 24.3 Å². The number of rotatable bonds is 3. The molecule has 2 aromatic carbocycles. The van der Waals surface area contributed by atoms with Crippen molar-refractivity contribution in [1.29, 1.82) is 0 Å². The maximum Gasteiger partial charge on any atom is 0.242 e. The quantitative estimate of drug-likeness (QED) is 0.856. The highest BCUT2D eigenvalue weighted by Gasteiger charge is 2.34. The molecule has 1 atom stereocenters. The summed E-state index contributed by atoms with van der Waals surface area (Å²) in [5.74, 6) is 0.0670. The Balaban J connectivity index is 1.40. The van der Waals surface area contributed by atoms with E-state index < -0.39 is 0 Å². The molecule has 0 bridgehead atoms. The lowest BCUT2D eigenvalue weighted by molar-refractivity contribution is -0.146. The summed E-state index contributed by atoms with van der Waals surface area (Å²) in [6.07, 6.45) is 1.81. The van der Waals surface area contributed by atoms with Gasteiger partial charge in [0.15, 0.2) is 0 Å². The molecule has 2 aromatic rings. The van der Waals surface area contributed by atoms with Crippen LogP contribution in [0.4, 0.5) is 0 Å². The van der Waals surface area contributed by atoms with E-state index in [1.54, 1.807) is 4.90 Å². The van der Waals surface area contributed by atoms with Crippen molar-refractivity contribution in [3.8, 4) is 0 Å². The molecule has 0 aromatic heterocycles. The third kappa shape index (κ3) is 3.24. The van der Waals surface area contributed by atoms with Crippen LogP contribution in [0.15, 0.2) is 48.5 Å². The summed E-state index contributed by atoms with van der Waals surface area (Å²) in [5.41, 5.74) is 4.77. The zero-order valence-corrected chi connectivity index (χ0v) is 15.1. The van der Waals surface area contributed by atoms with Gasteiger partial charge in [0.25, 0.3) is 0 Å². The Kier molecular flexibility index (Phi) is 4.49. The van der Waals surface area contributed by atoms with Crippen LogP contribution in [0.25, 0.3) is 0 Å².